The molecule has 3 rings (SSSR count). The predicted octanol–water partition coefficient (Wildman–Crippen LogP) is 3.08. The molecule has 1 saturated heterocycles. The van der Waals surface area contributed by atoms with Crippen LogP contribution in [0.25, 0.3) is 0 Å². The van der Waals surface area contributed by atoms with Crippen molar-refractivity contribution in [3.05, 3.63) is 29.8 Å². The van der Waals surface area contributed by atoms with E-state index in [0.29, 0.717) is 18.3 Å². The summed E-state index contributed by atoms with van der Waals surface area (Å²) in [5.41, 5.74) is 0.880. The number of oxime groups is 1. The van der Waals surface area contributed by atoms with E-state index in [2.05, 4.69) is 19.0 Å². The normalized spacial score (nSPS) is 29.8. The van der Waals surface area contributed by atoms with Crippen molar-refractivity contribution < 1.29 is 14.4 Å². The van der Waals surface area contributed by atoms with Crippen molar-refractivity contribution >= 4 is 11.6 Å². The Hall–Kier alpha value is -2.04. The van der Waals surface area contributed by atoms with Crippen molar-refractivity contribution in [1.82, 2.24) is 4.90 Å². The molecule has 1 aromatic carbocycles. The average Bonchev–Trinajstić information content (AvgIpc) is 2.97. The molecule has 1 aromatic rings. The average molecular weight is 330 g/mol. The lowest BCUT2D eigenvalue weighted by Gasteiger charge is -2.38. The fourth-order valence-electron chi connectivity index (χ4n) is 3.76. The summed E-state index contributed by atoms with van der Waals surface area (Å²) in [6.45, 7) is 7.86. The van der Waals surface area contributed by atoms with Crippen LogP contribution >= 0.6 is 0 Å². The second kappa shape index (κ2) is 6.46. The number of nitrogens with zero attached hydrogens (tertiary/aromatic N) is 2. The van der Waals surface area contributed by atoms with Crippen LogP contribution < -0.4 is 4.74 Å². The Balaban J connectivity index is 1.70. The van der Waals surface area contributed by atoms with Crippen molar-refractivity contribution in [1.29, 1.82) is 0 Å². The molecular weight excluding hydrogens is 304 g/mol. The molecule has 0 spiro atoms. The van der Waals surface area contributed by atoms with Gasteiger partial charge in [0.15, 0.2) is 0 Å². The quantitative estimate of drug-likeness (QED) is 0.856. The maximum absolute atomic E-state index is 13.0. The molecule has 3 atom stereocenters. The van der Waals surface area contributed by atoms with Crippen molar-refractivity contribution in [2.45, 2.75) is 39.2 Å². The van der Waals surface area contributed by atoms with Crippen LogP contribution in [-0.4, -0.2) is 42.3 Å². The molecule has 0 unspecified atom stereocenters. The van der Waals surface area contributed by atoms with Gasteiger partial charge in [0.05, 0.1) is 12.8 Å². The third-order valence-corrected chi connectivity index (χ3v) is 4.89. The van der Waals surface area contributed by atoms with Gasteiger partial charge >= 0.3 is 0 Å². The maximum Gasteiger partial charge on any atom is 0.269 e. The van der Waals surface area contributed by atoms with Crippen LogP contribution in [0, 0.1) is 11.8 Å². The lowest BCUT2D eigenvalue weighted by atomic mass is 9.89. The number of rotatable bonds is 3. The molecule has 0 aromatic heterocycles. The molecule has 2 heterocycles. The molecule has 24 heavy (non-hydrogen) atoms. The Bertz CT molecular complexity index is 631. The van der Waals surface area contributed by atoms with Gasteiger partial charge in [-0.05, 0) is 55.0 Å². The van der Waals surface area contributed by atoms with E-state index in [1.165, 1.54) is 6.42 Å². The Kier molecular flexibility index (Phi) is 4.52. The molecule has 1 fully saturated rings. The Morgan fingerprint density at radius 2 is 1.88 bits per heavy atom. The molecule has 0 radical (unpaired) electrons. The third-order valence-electron chi connectivity index (χ3n) is 4.89. The summed E-state index contributed by atoms with van der Waals surface area (Å²) in [5, 5.41) is 4.20. The van der Waals surface area contributed by atoms with E-state index in [4.69, 9.17) is 9.57 Å². The Morgan fingerprint density at radius 3 is 2.46 bits per heavy atom. The highest BCUT2D eigenvalue weighted by Crippen LogP contribution is 2.31. The van der Waals surface area contributed by atoms with E-state index >= 15 is 0 Å². The number of likely N-dealkylation sites (tertiary alicyclic amines) is 1. The maximum atomic E-state index is 13.0. The van der Waals surface area contributed by atoms with Gasteiger partial charge in [-0.25, -0.2) is 0 Å². The summed E-state index contributed by atoms with van der Waals surface area (Å²) < 4.78 is 5.18. The molecule has 0 N–H and O–H groups in total. The van der Waals surface area contributed by atoms with E-state index in [9.17, 15) is 4.79 Å². The number of hydrogen-bond acceptors (Lipinski definition) is 4. The standard InChI is InChI=1S/C19H26N2O3/c1-13-9-14(2)12-21(11-13)18(22)19(3)10-17(20-24-19)15-5-7-16(23-4)8-6-15/h5-8,13-14H,9-12H2,1-4H3/t13-,14+,19-/m0/s1. The fourth-order valence-corrected chi connectivity index (χ4v) is 3.76. The minimum atomic E-state index is -0.897. The zero-order valence-electron chi connectivity index (χ0n) is 14.9. The molecular formula is C19H26N2O3. The Morgan fingerprint density at radius 1 is 1.25 bits per heavy atom. The first-order valence-corrected chi connectivity index (χ1v) is 8.60. The molecule has 2 aliphatic rings. The minimum Gasteiger partial charge on any atom is -0.497 e. The van der Waals surface area contributed by atoms with Crippen LogP contribution in [0.4, 0.5) is 0 Å². The lowest BCUT2D eigenvalue weighted by Crippen LogP contribution is -2.52. The number of methoxy groups -OCH3 is 1. The topological polar surface area (TPSA) is 51.1 Å². The second-order valence-electron chi connectivity index (χ2n) is 7.42. The van der Waals surface area contributed by atoms with Gasteiger partial charge in [-0.2, -0.15) is 0 Å². The number of ether oxygens (including phenoxy) is 1. The monoisotopic (exact) mass is 330 g/mol. The summed E-state index contributed by atoms with van der Waals surface area (Å²) >= 11 is 0. The van der Waals surface area contributed by atoms with Crippen LogP contribution in [0.5, 0.6) is 5.75 Å². The van der Waals surface area contributed by atoms with Gasteiger partial charge in [0.2, 0.25) is 5.60 Å². The number of hydrogen-bond donors (Lipinski definition) is 0. The number of carbonyl (C=O) groups excluding carboxylic acids is 1. The van der Waals surface area contributed by atoms with Crippen LogP contribution in [0.3, 0.4) is 0 Å². The summed E-state index contributed by atoms with van der Waals surface area (Å²) in [7, 11) is 1.64. The molecule has 0 bridgehead atoms. The van der Waals surface area contributed by atoms with Gasteiger partial charge in [0, 0.05) is 19.5 Å². The van der Waals surface area contributed by atoms with Gasteiger partial charge in [0.1, 0.15) is 5.75 Å². The van der Waals surface area contributed by atoms with Gasteiger partial charge in [0.25, 0.3) is 5.91 Å². The van der Waals surface area contributed by atoms with E-state index < -0.39 is 5.60 Å². The van der Waals surface area contributed by atoms with Crippen LogP contribution in [0.15, 0.2) is 29.4 Å². The first-order chi connectivity index (χ1) is 11.4. The highest BCUT2D eigenvalue weighted by molar-refractivity contribution is 6.05. The molecule has 1 amide bonds. The number of piperidine rings is 1. The molecule has 0 saturated carbocycles. The van der Waals surface area contributed by atoms with Crippen molar-refractivity contribution in [2.24, 2.45) is 17.0 Å². The van der Waals surface area contributed by atoms with Crippen LogP contribution in [0.2, 0.25) is 0 Å². The lowest BCUT2D eigenvalue weighted by molar-refractivity contribution is -0.156. The van der Waals surface area contributed by atoms with Gasteiger partial charge in [-0.1, -0.05) is 19.0 Å². The molecule has 0 aliphatic carbocycles. The molecule has 5 heteroatoms. The summed E-state index contributed by atoms with van der Waals surface area (Å²) in [6.07, 6.45) is 1.67. The minimum absolute atomic E-state index is 0.0492. The van der Waals surface area contributed by atoms with E-state index in [0.717, 1.165) is 30.1 Å². The van der Waals surface area contributed by atoms with Crippen molar-refractivity contribution in [3.63, 3.8) is 0 Å². The van der Waals surface area contributed by atoms with Gasteiger partial charge < -0.3 is 14.5 Å². The number of benzene rings is 1. The fraction of sp³-hybridized carbons (Fsp3) is 0.579. The summed E-state index contributed by atoms with van der Waals surface area (Å²) in [4.78, 5) is 20.6. The first-order valence-electron chi connectivity index (χ1n) is 8.60. The van der Waals surface area contributed by atoms with Gasteiger partial charge in [-0.15, -0.1) is 0 Å². The van der Waals surface area contributed by atoms with E-state index in [1.54, 1.807) is 7.11 Å². The van der Waals surface area contributed by atoms with Crippen molar-refractivity contribution in [2.75, 3.05) is 20.2 Å². The number of amides is 1. The van der Waals surface area contributed by atoms with Gasteiger partial charge in [-0.3, -0.25) is 4.79 Å². The second-order valence-corrected chi connectivity index (χ2v) is 7.42. The van der Waals surface area contributed by atoms with E-state index in [1.807, 2.05) is 36.1 Å². The SMILES string of the molecule is COc1ccc(C2=NO[C@](C)(C(=O)N3C[C@H](C)C[C@H](C)C3)C2)cc1. The summed E-state index contributed by atoms with van der Waals surface area (Å²) in [6, 6.07) is 7.68. The zero-order chi connectivity index (χ0) is 17.3. The highest BCUT2D eigenvalue weighted by atomic mass is 16.7. The van der Waals surface area contributed by atoms with E-state index in [-0.39, 0.29) is 5.91 Å². The zero-order valence-corrected chi connectivity index (χ0v) is 14.9. The summed E-state index contributed by atoms with van der Waals surface area (Å²) in [5.74, 6) is 1.91. The highest BCUT2D eigenvalue weighted by Gasteiger charge is 2.45. The van der Waals surface area contributed by atoms with Crippen LogP contribution in [-0.2, 0) is 9.63 Å². The number of carbonyl (C=O) groups is 1. The molecule has 130 valence electrons. The third kappa shape index (κ3) is 3.25. The smallest absolute Gasteiger partial charge is 0.269 e. The largest absolute Gasteiger partial charge is 0.497 e. The van der Waals surface area contributed by atoms with Crippen molar-refractivity contribution in [3.8, 4) is 5.75 Å². The predicted molar refractivity (Wildman–Crippen MR) is 93.2 cm³/mol. The molecule has 5 nitrogen and oxygen atoms in total. The van der Waals surface area contributed by atoms with Crippen LogP contribution in [0.1, 0.15) is 39.2 Å². The molecule has 2 aliphatic heterocycles. The first kappa shape index (κ1) is 16.8. The Labute approximate surface area is 143 Å².